The van der Waals surface area contributed by atoms with Crippen LogP contribution in [0.2, 0.25) is 0 Å². The number of nitrogens with zero attached hydrogens (tertiary/aromatic N) is 1. The third-order valence-corrected chi connectivity index (χ3v) is 3.67. The molecule has 82 valence electrons. The maximum Gasteiger partial charge on any atom is 0.0695 e. The molecule has 2 unspecified atom stereocenters. The Balaban J connectivity index is 1.96. The molecule has 0 aromatic rings. The summed E-state index contributed by atoms with van der Waals surface area (Å²) in [5.41, 5.74) is 0. The van der Waals surface area contributed by atoms with E-state index in [0.717, 1.165) is 26.1 Å². The van der Waals surface area contributed by atoms with Crippen LogP contribution in [0, 0.1) is 0 Å². The molecule has 14 heavy (non-hydrogen) atoms. The standard InChI is InChI=1S/C11H22N2O/c1-9-8-12-6-7-13(9)10-4-2-3-5-11(10)14/h9-12,14H,2-8H2,1H3/t9-,10?,11?/m1/s1. The zero-order valence-electron chi connectivity index (χ0n) is 9.08. The van der Waals surface area contributed by atoms with Crippen molar-refractivity contribution in [2.45, 2.75) is 50.8 Å². The fraction of sp³-hybridized carbons (Fsp3) is 1.00. The molecule has 2 fully saturated rings. The molecule has 1 saturated carbocycles. The molecule has 3 atom stereocenters. The zero-order valence-corrected chi connectivity index (χ0v) is 9.08. The van der Waals surface area contributed by atoms with Crippen molar-refractivity contribution in [1.82, 2.24) is 10.2 Å². The Morgan fingerprint density at radius 3 is 2.79 bits per heavy atom. The predicted molar refractivity (Wildman–Crippen MR) is 57.3 cm³/mol. The molecule has 1 aliphatic carbocycles. The van der Waals surface area contributed by atoms with Crippen molar-refractivity contribution >= 4 is 0 Å². The van der Waals surface area contributed by atoms with Crippen molar-refractivity contribution in [2.75, 3.05) is 19.6 Å². The smallest absolute Gasteiger partial charge is 0.0695 e. The van der Waals surface area contributed by atoms with Crippen LogP contribution in [0.1, 0.15) is 32.6 Å². The normalized spacial score (nSPS) is 41.1. The average molecular weight is 198 g/mol. The largest absolute Gasteiger partial charge is 0.391 e. The molecule has 3 nitrogen and oxygen atoms in total. The minimum atomic E-state index is -0.0794. The van der Waals surface area contributed by atoms with E-state index >= 15 is 0 Å². The van der Waals surface area contributed by atoms with Gasteiger partial charge in [-0.2, -0.15) is 0 Å². The van der Waals surface area contributed by atoms with Crippen LogP contribution in [0.25, 0.3) is 0 Å². The molecule has 3 heteroatoms. The molecule has 2 rings (SSSR count). The topological polar surface area (TPSA) is 35.5 Å². The number of rotatable bonds is 1. The monoisotopic (exact) mass is 198 g/mol. The van der Waals surface area contributed by atoms with Gasteiger partial charge in [0, 0.05) is 31.7 Å². The average Bonchev–Trinajstić information content (AvgIpc) is 2.20. The van der Waals surface area contributed by atoms with Crippen molar-refractivity contribution < 1.29 is 5.11 Å². The summed E-state index contributed by atoms with van der Waals surface area (Å²) in [7, 11) is 0. The lowest BCUT2D eigenvalue weighted by Gasteiger charge is -2.43. The predicted octanol–water partition coefficient (Wildman–Crippen LogP) is 0.584. The van der Waals surface area contributed by atoms with Gasteiger partial charge in [0.2, 0.25) is 0 Å². The van der Waals surface area contributed by atoms with E-state index in [2.05, 4.69) is 17.1 Å². The lowest BCUT2D eigenvalue weighted by molar-refractivity contribution is -0.00605. The number of aliphatic hydroxyl groups is 1. The molecule has 0 amide bonds. The first kappa shape index (κ1) is 10.4. The lowest BCUT2D eigenvalue weighted by Crippen LogP contribution is -2.57. The second kappa shape index (κ2) is 4.60. The molecule has 1 aliphatic heterocycles. The van der Waals surface area contributed by atoms with Crippen molar-refractivity contribution in [3.8, 4) is 0 Å². The Bertz CT molecular complexity index is 166. The van der Waals surface area contributed by atoms with Gasteiger partial charge in [0.25, 0.3) is 0 Å². The molecule has 0 aromatic heterocycles. The van der Waals surface area contributed by atoms with Crippen molar-refractivity contribution in [3.05, 3.63) is 0 Å². The molecule has 0 spiro atoms. The van der Waals surface area contributed by atoms with E-state index < -0.39 is 0 Å². The molecular formula is C11H22N2O. The van der Waals surface area contributed by atoms with Crippen LogP contribution in [0.3, 0.4) is 0 Å². The molecular weight excluding hydrogens is 176 g/mol. The summed E-state index contributed by atoms with van der Waals surface area (Å²) in [4.78, 5) is 2.50. The quantitative estimate of drug-likeness (QED) is 0.647. The first-order valence-electron chi connectivity index (χ1n) is 5.93. The van der Waals surface area contributed by atoms with Crippen LogP contribution in [0.4, 0.5) is 0 Å². The number of nitrogens with one attached hydrogen (secondary N) is 1. The summed E-state index contributed by atoms with van der Waals surface area (Å²) in [6, 6.07) is 1.02. The van der Waals surface area contributed by atoms with E-state index in [0.29, 0.717) is 12.1 Å². The van der Waals surface area contributed by atoms with Crippen LogP contribution >= 0.6 is 0 Å². The molecule has 2 N–H and O–H groups in total. The van der Waals surface area contributed by atoms with Crippen molar-refractivity contribution in [1.29, 1.82) is 0 Å². The molecule has 1 heterocycles. The van der Waals surface area contributed by atoms with Gasteiger partial charge in [-0.1, -0.05) is 12.8 Å². The lowest BCUT2D eigenvalue weighted by atomic mass is 9.90. The molecule has 0 bridgehead atoms. The molecule has 2 aliphatic rings. The van der Waals surface area contributed by atoms with Gasteiger partial charge in [-0.3, -0.25) is 4.90 Å². The Hall–Kier alpha value is -0.120. The van der Waals surface area contributed by atoms with Gasteiger partial charge in [0.05, 0.1) is 6.10 Å². The fourth-order valence-electron chi connectivity index (χ4n) is 2.83. The number of hydrogen-bond acceptors (Lipinski definition) is 3. The highest BCUT2D eigenvalue weighted by Gasteiger charge is 2.32. The van der Waals surface area contributed by atoms with Crippen LogP contribution in [-0.4, -0.2) is 47.8 Å². The maximum atomic E-state index is 9.98. The number of hydrogen-bond donors (Lipinski definition) is 2. The first-order valence-corrected chi connectivity index (χ1v) is 5.93. The minimum absolute atomic E-state index is 0.0794. The Morgan fingerprint density at radius 1 is 1.29 bits per heavy atom. The SMILES string of the molecule is C[C@@H]1CNCCN1C1CCCCC1O. The summed E-state index contributed by atoms with van der Waals surface area (Å²) in [6.07, 6.45) is 4.60. The molecule has 0 aromatic carbocycles. The van der Waals surface area contributed by atoms with E-state index in [9.17, 15) is 5.11 Å². The van der Waals surface area contributed by atoms with E-state index in [1.807, 2.05) is 0 Å². The van der Waals surface area contributed by atoms with E-state index in [1.54, 1.807) is 0 Å². The number of aliphatic hydroxyl groups excluding tert-OH is 1. The van der Waals surface area contributed by atoms with Gasteiger partial charge >= 0.3 is 0 Å². The Labute approximate surface area is 86.5 Å². The van der Waals surface area contributed by atoms with Gasteiger partial charge < -0.3 is 10.4 Å². The van der Waals surface area contributed by atoms with Crippen LogP contribution in [0.5, 0.6) is 0 Å². The number of piperazine rings is 1. The third-order valence-electron chi connectivity index (χ3n) is 3.67. The second-order valence-corrected chi connectivity index (χ2v) is 4.71. The minimum Gasteiger partial charge on any atom is -0.391 e. The van der Waals surface area contributed by atoms with Gasteiger partial charge in [-0.25, -0.2) is 0 Å². The van der Waals surface area contributed by atoms with Crippen LogP contribution < -0.4 is 5.32 Å². The highest BCUT2D eigenvalue weighted by Crippen LogP contribution is 2.25. The second-order valence-electron chi connectivity index (χ2n) is 4.71. The summed E-state index contributed by atoms with van der Waals surface area (Å²) >= 11 is 0. The summed E-state index contributed by atoms with van der Waals surface area (Å²) in [5, 5.41) is 13.4. The van der Waals surface area contributed by atoms with E-state index in [-0.39, 0.29) is 6.10 Å². The van der Waals surface area contributed by atoms with Gasteiger partial charge in [0.1, 0.15) is 0 Å². The first-order chi connectivity index (χ1) is 6.79. The highest BCUT2D eigenvalue weighted by molar-refractivity contribution is 4.88. The highest BCUT2D eigenvalue weighted by atomic mass is 16.3. The Morgan fingerprint density at radius 2 is 2.07 bits per heavy atom. The maximum absolute atomic E-state index is 9.98. The van der Waals surface area contributed by atoms with Gasteiger partial charge in [0.15, 0.2) is 0 Å². The van der Waals surface area contributed by atoms with Crippen molar-refractivity contribution in [2.24, 2.45) is 0 Å². The van der Waals surface area contributed by atoms with Crippen molar-refractivity contribution in [3.63, 3.8) is 0 Å². The molecule has 0 radical (unpaired) electrons. The van der Waals surface area contributed by atoms with Crippen LogP contribution in [-0.2, 0) is 0 Å². The Kier molecular flexibility index (Phi) is 3.42. The summed E-state index contributed by atoms with van der Waals surface area (Å²) in [6.45, 7) is 5.51. The zero-order chi connectivity index (χ0) is 9.97. The van der Waals surface area contributed by atoms with Gasteiger partial charge in [-0.15, -0.1) is 0 Å². The summed E-state index contributed by atoms with van der Waals surface area (Å²) < 4.78 is 0. The fourth-order valence-corrected chi connectivity index (χ4v) is 2.83. The van der Waals surface area contributed by atoms with E-state index in [4.69, 9.17) is 0 Å². The summed E-state index contributed by atoms with van der Waals surface area (Å²) in [5.74, 6) is 0. The van der Waals surface area contributed by atoms with Gasteiger partial charge in [-0.05, 0) is 19.8 Å². The third kappa shape index (κ3) is 2.10. The molecule has 1 saturated heterocycles. The van der Waals surface area contributed by atoms with Crippen LogP contribution in [0.15, 0.2) is 0 Å². The van der Waals surface area contributed by atoms with E-state index in [1.165, 1.54) is 19.3 Å².